The highest BCUT2D eigenvalue weighted by molar-refractivity contribution is 6.33. The molecule has 142 valence electrons. The van der Waals surface area contributed by atoms with E-state index in [2.05, 4.69) is 27.1 Å². The molecule has 9 nitrogen and oxygen atoms in total. The summed E-state index contributed by atoms with van der Waals surface area (Å²) in [5.74, 6) is -0.113. The van der Waals surface area contributed by atoms with E-state index in [1.165, 1.54) is 29.9 Å². The molecule has 0 spiro atoms. The van der Waals surface area contributed by atoms with Crippen molar-refractivity contribution >= 4 is 28.6 Å². The highest BCUT2D eigenvalue weighted by atomic mass is 35.5. The van der Waals surface area contributed by atoms with Gasteiger partial charge in [0.1, 0.15) is 5.52 Å². The van der Waals surface area contributed by atoms with Gasteiger partial charge < -0.3 is 10.2 Å². The van der Waals surface area contributed by atoms with Crippen molar-refractivity contribution in [2.75, 3.05) is 0 Å². The molecule has 0 bridgehead atoms. The summed E-state index contributed by atoms with van der Waals surface area (Å²) < 4.78 is 2.85. The fraction of sp³-hybridized carbons (Fsp3) is 0.471. The maximum atomic E-state index is 11.0. The molecule has 0 aromatic carbocycles. The molecule has 3 aromatic rings. The first-order chi connectivity index (χ1) is 12.9. The summed E-state index contributed by atoms with van der Waals surface area (Å²) in [6.45, 7) is 2.92. The molecule has 0 radical (unpaired) electrons. The molecule has 1 fully saturated rings. The molecule has 0 atom stereocenters. The van der Waals surface area contributed by atoms with Gasteiger partial charge in [-0.2, -0.15) is 15.2 Å². The van der Waals surface area contributed by atoms with Crippen LogP contribution in [-0.2, 0) is 6.54 Å². The Labute approximate surface area is 159 Å². The molecule has 0 unspecified atom stereocenters. The van der Waals surface area contributed by atoms with E-state index in [4.69, 9.17) is 16.7 Å². The van der Waals surface area contributed by atoms with Crippen LogP contribution in [0.3, 0.4) is 0 Å². The zero-order valence-corrected chi connectivity index (χ0v) is 15.5. The van der Waals surface area contributed by atoms with E-state index in [1.807, 2.05) is 0 Å². The van der Waals surface area contributed by atoms with Crippen molar-refractivity contribution in [2.45, 2.75) is 39.2 Å². The lowest BCUT2D eigenvalue weighted by Crippen LogP contribution is -2.18. The SMILES string of the molecule is C[C@H]1CC[C@H](Cn2nc(Cl)c3nc(-n4cc(C(=O)O)cn4)nc(O)c32)CC1. The van der Waals surface area contributed by atoms with E-state index in [1.54, 1.807) is 4.68 Å². The molecule has 1 saturated carbocycles. The molecule has 3 aromatic heterocycles. The Morgan fingerprint density at radius 1 is 1.30 bits per heavy atom. The minimum Gasteiger partial charge on any atom is -0.492 e. The molecular formula is C17H19ClN6O3. The van der Waals surface area contributed by atoms with Crippen LogP contribution >= 0.6 is 11.6 Å². The smallest absolute Gasteiger partial charge is 0.338 e. The zero-order valence-electron chi connectivity index (χ0n) is 14.7. The number of rotatable bonds is 4. The van der Waals surface area contributed by atoms with Crippen LogP contribution in [0.15, 0.2) is 12.4 Å². The fourth-order valence-corrected chi connectivity index (χ4v) is 3.77. The van der Waals surface area contributed by atoms with Gasteiger partial charge >= 0.3 is 5.97 Å². The van der Waals surface area contributed by atoms with Crippen molar-refractivity contribution in [1.29, 1.82) is 0 Å². The number of aromatic nitrogens is 6. The first-order valence-corrected chi connectivity index (χ1v) is 9.21. The monoisotopic (exact) mass is 390 g/mol. The number of carboxylic acid groups (broad SMARTS) is 1. The molecule has 10 heteroatoms. The number of carboxylic acids is 1. The van der Waals surface area contributed by atoms with Gasteiger partial charge in [-0.25, -0.2) is 14.5 Å². The van der Waals surface area contributed by atoms with Crippen molar-refractivity contribution in [3.8, 4) is 11.8 Å². The summed E-state index contributed by atoms with van der Waals surface area (Å²) in [5.41, 5.74) is 0.690. The Morgan fingerprint density at radius 3 is 2.70 bits per heavy atom. The number of aromatic carboxylic acids is 1. The van der Waals surface area contributed by atoms with Gasteiger partial charge in [0.25, 0.3) is 5.95 Å². The highest BCUT2D eigenvalue weighted by Crippen LogP contribution is 2.33. The quantitative estimate of drug-likeness (QED) is 0.702. The molecule has 1 aliphatic rings. The molecule has 2 N–H and O–H groups in total. The lowest BCUT2D eigenvalue weighted by Gasteiger charge is -2.26. The van der Waals surface area contributed by atoms with E-state index in [9.17, 15) is 9.90 Å². The molecule has 4 rings (SSSR count). The number of hydrogen-bond acceptors (Lipinski definition) is 6. The topological polar surface area (TPSA) is 119 Å². The van der Waals surface area contributed by atoms with Crippen molar-refractivity contribution in [2.24, 2.45) is 11.8 Å². The third kappa shape index (κ3) is 3.34. The van der Waals surface area contributed by atoms with E-state index in [0.29, 0.717) is 23.5 Å². The summed E-state index contributed by atoms with van der Waals surface area (Å²) in [5, 5.41) is 27.9. The summed E-state index contributed by atoms with van der Waals surface area (Å²) in [6.07, 6.45) is 7.06. The molecule has 0 saturated heterocycles. The van der Waals surface area contributed by atoms with Crippen LogP contribution in [0.2, 0.25) is 5.15 Å². The summed E-state index contributed by atoms with van der Waals surface area (Å²) in [7, 11) is 0. The van der Waals surface area contributed by atoms with E-state index < -0.39 is 5.97 Å². The summed E-state index contributed by atoms with van der Waals surface area (Å²) in [4.78, 5) is 19.4. The summed E-state index contributed by atoms with van der Waals surface area (Å²) in [6, 6.07) is 0. The summed E-state index contributed by atoms with van der Waals surface area (Å²) >= 11 is 6.25. The van der Waals surface area contributed by atoms with Gasteiger partial charge in [0.2, 0.25) is 5.88 Å². The molecule has 0 aliphatic heterocycles. The van der Waals surface area contributed by atoms with Crippen LogP contribution in [0.25, 0.3) is 17.0 Å². The number of carbonyl (C=O) groups is 1. The lowest BCUT2D eigenvalue weighted by atomic mass is 9.83. The third-order valence-electron chi connectivity index (χ3n) is 5.12. The Kier molecular flexibility index (Phi) is 4.47. The first kappa shape index (κ1) is 17.7. The van der Waals surface area contributed by atoms with Gasteiger partial charge in [0.15, 0.2) is 10.7 Å². The van der Waals surface area contributed by atoms with Gasteiger partial charge in [-0.15, -0.1) is 0 Å². The van der Waals surface area contributed by atoms with Gasteiger partial charge in [-0.1, -0.05) is 31.4 Å². The Bertz CT molecular complexity index is 1010. The average Bonchev–Trinajstić information content (AvgIpc) is 3.23. The van der Waals surface area contributed by atoms with E-state index >= 15 is 0 Å². The minimum absolute atomic E-state index is 0.00787. The second-order valence-corrected chi connectivity index (χ2v) is 7.48. The Balaban J connectivity index is 1.69. The van der Waals surface area contributed by atoms with Crippen LogP contribution in [-0.4, -0.2) is 45.7 Å². The van der Waals surface area contributed by atoms with Gasteiger partial charge in [-0.05, 0) is 24.7 Å². The van der Waals surface area contributed by atoms with Crippen molar-refractivity contribution in [3.63, 3.8) is 0 Å². The van der Waals surface area contributed by atoms with Gasteiger partial charge in [-0.3, -0.25) is 4.68 Å². The average molecular weight is 391 g/mol. The maximum Gasteiger partial charge on any atom is 0.338 e. The van der Waals surface area contributed by atoms with E-state index in [-0.39, 0.29) is 22.5 Å². The largest absolute Gasteiger partial charge is 0.492 e. The second-order valence-electron chi connectivity index (χ2n) is 7.12. The Hall–Kier alpha value is -2.68. The van der Waals surface area contributed by atoms with Crippen LogP contribution in [0.1, 0.15) is 43.0 Å². The highest BCUT2D eigenvalue weighted by Gasteiger charge is 2.23. The second kappa shape index (κ2) is 6.80. The van der Waals surface area contributed by atoms with Crippen LogP contribution in [0.4, 0.5) is 0 Å². The standard InChI is InChI=1S/C17H19ClN6O3/c1-9-2-4-10(5-3-9)7-23-13-12(14(18)22-23)20-17(21-15(13)25)24-8-11(6-19-24)16(26)27/h6,8-10H,2-5,7H2,1H3,(H,26,27)(H,20,21,25)/t9-,10-. The van der Waals surface area contributed by atoms with E-state index in [0.717, 1.165) is 18.8 Å². The lowest BCUT2D eigenvalue weighted by molar-refractivity contribution is 0.0697. The predicted molar refractivity (Wildman–Crippen MR) is 97.2 cm³/mol. The molecule has 27 heavy (non-hydrogen) atoms. The van der Waals surface area contributed by atoms with Crippen LogP contribution in [0.5, 0.6) is 5.88 Å². The number of halogens is 1. The molecule has 1 aliphatic carbocycles. The first-order valence-electron chi connectivity index (χ1n) is 8.83. The molecule has 0 amide bonds. The fourth-order valence-electron chi connectivity index (χ4n) is 3.55. The minimum atomic E-state index is -1.11. The van der Waals surface area contributed by atoms with Crippen LogP contribution in [0, 0.1) is 11.8 Å². The predicted octanol–water partition coefficient (Wildman–Crippen LogP) is 2.90. The van der Waals surface area contributed by atoms with Crippen LogP contribution < -0.4 is 0 Å². The number of nitrogens with zero attached hydrogens (tertiary/aromatic N) is 6. The third-order valence-corrected chi connectivity index (χ3v) is 5.37. The molecule has 3 heterocycles. The van der Waals surface area contributed by atoms with Crippen molar-refractivity contribution in [3.05, 3.63) is 23.1 Å². The zero-order chi connectivity index (χ0) is 19.1. The maximum absolute atomic E-state index is 11.0. The van der Waals surface area contributed by atoms with Gasteiger partial charge in [0, 0.05) is 12.7 Å². The van der Waals surface area contributed by atoms with Crippen molar-refractivity contribution < 1.29 is 15.0 Å². The number of hydrogen-bond donors (Lipinski definition) is 2. The normalized spacial score (nSPS) is 20.2. The van der Waals surface area contributed by atoms with Gasteiger partial charge in [0.05, 0.1) is 11.8 Å². The Morgan fingerprint density at radius 2 is 2.04 bits per heavy atom. The van der Waals surface area contributed by atoms with Crippen molar-refractivity contribution in [1.82, 2.24) is 29.5 Å². The number of aromatic hydroxyl groups is 1. The molecular weight excluding hydrogens is 372 g/mol. The number of fused-ring (bicyclic) bond motifs is 1.